The lowest BCUT2D eigenvalue weighted by Crippen LogP contribution is -1.70. The van der Waals surface area contributed by atoms with E-state index in [4.69, 9.17) is 0 Å². The summed E-state index contributed by atoms with van der Waals surface area (Å²) in [6.45, 7) is 2.15. The molecule has 2 heterocycles. The standard InChI is InChI=1S/C8H9N3S/c1-2-6-3-4-8(12-6)7-5-9-11-10-7/h3-5H,2H2,1H3,(H,9,10,11). The highest BCUT2D eigenvalue weighted by Crippen LogP contribution is 2.25. The Balaban J connectivity index is 2.35. The zero-order valence-electron chi connectivity index (χ0n) is 6.74. The van der Waals surface area contributed by atoms with Gasteiger partial charge in [0, 0.05) is 4.88 Å². The molecule has 62 valence electrons. The smallest absolute Gasteiger partial charge is 0.0953 e. The molecule has 0 saturated carbocycles. The molecule has 0 radical (unpaired) electrons. The van der Waals surface area contributed by atoms with E-state index in [0.29, 0.717) is 0 Å². The number of nitrogens with zero attached hydrogens (tertiary/aromatic N) is 2. The van der Waals surface area contributed by atoms with Crippen molar-refractivity contribution in [3.8, 4) is 10.6 Å². The van der Waals surface area contributed by atoms with Crippen LogP contribution in [0.2, 0.25) is 0 Å². The minimum Gasteiger partial charge on any atom is -0.257 e. The van der Waals surface area contributed by atoms with Crippen molar-refractivity contribution >= 4 is 11.3 Å². The van der Waals surface area contributed by atoms with Gasteiger partial charge < -0.3 is 0 Å². The lowest BCUT2D eigenvalue weighted by atomic mass is 10.3. The summed E-state index contributed by atoms with van der Waals surface area (Å²) in [5.41, 5.74) is 1.000. The van der Waals surface area contributed by atoms with E-state index in [0.717, 1.165) is 12.1 Å². The van der Waals surface area contributed by atoms with Gasteiger partial charge in [0.25, 0.3) is 0 Å². The van der Waals surface area contributed by atoms with E-state index in [-0.39, 0.29) is 0 Å². The molecular formula is C8H9N3S. The van der Waals surface area contributed by atoms with E-state index < -0.39 is 0 Å². The number of hydrogen-bond donors (Lipinski definition) is 1. The largest absolute Gasteiger partial charge is 0.257 e. The van der Waals surface area contributed by atoms with Gasteiger partial charge in [0.2, 0.25) is 0 Å². The normalized spacial score (nSPS) is 10.4. The maximum atomic E-state index is 3.73. The summed E-state index contributed by atoms with van der Waals surface area (Å²) in [5.74, 6) is 0. The number of hydrogen-bond acceptors (Lipinski definition) is 3. The van der Waals surface area contributed by atoms with Crippen LogP contribution in [0, 0.1) is 0 Å². The molecule has 0 bridgehead atoms. The first-order chi connectivity index (χ1) is 5.90. The van der Waals surface area contributed by atoms with E-state index >= 15 is 0 Å². The van der Waals surface area contributed by atoms with Crippen LogP contribution >= 0.6 is 11.3 Å². The third-order valence-corrected chi connectivity index (χ3v) is 2.95. The predicted octanol–water partition coefficient (Wildman–Crippen LogP) is 2.10. The van der Waals surface area contributed by atoms with Crippen molar-refractivity contribution in [2.75, 3.05) is 0 Å². The van der Waals surface area contributed by atoms with Crippen molar-refractivity contribution in [2.45, 2.75) is 13.3 Å². The van der Waals surface area contributed by atoms with Crippen LogP contribution in [-0.4, -0.2) is 15.4 Å². The van der Waals surface area contributed by atoms with Crippen LogP contribution in [0.5, 0.6) is 0 Å². The molecule has 0 saturated heterocycles. The van der Waals surface area contributed by atoms with Gasteiger partial charge in [-0.25, -0.2) is 0 Å². The number of aryl methyl sites for hydroxylation is 1. The minimum absolute atomic E-state index is 1.000. The summed E-state index contributed by atoms with van der Waals surface area (Å²) in [7, 11) is 0. The molecule has 0 spiro atoms. The topological polar surface area (TPSA) is 41.6 Å². The number of H-pyrrole nitrogens is 1. The molecular weight excluding hydrogens is 170 g/mol. The van der Waals surface area contributed by atoms with E-state index in [2.05, 4.69) is 34.5 Å². The molecule has 0 aliphatic rings. The molecule has 2 aromatic rings. The van der Waals surface area contributed by atoms with Crippen LogP contribution < -0.4 is 0 Å². The fourth-order valence-electron chi connectivity index (χ4n) is 1.03. The first-order valence-electron chi connectivity index (χ1n) is 3.85. The van der Waals surface area contributed by atoms with Crippen molar-refractivity contribution in [3.05, 3.63) is 23.2 Å². The van der Waals surface area contributed by atoms with Crippen LogP contribution in [-0.2, 0) is 6.42 Å². The highest BCUT2D eigenvalue weighted by molar-refractivity contribution is 7.15. The highest BCUT2D eigenvalue weighted by Gasteiger charge is 2.02. The van der Waals surface area contributed by atoms with Crippen LogP contribution in [0.25, 0.3) is 10.6 Å². The monoisotopic (exact) mass is 179 g/mol. The van der Waals surface area contributed by atoms with E-state index in [1.165, 1.54) is 9.75 Å². The molecule has 0 aromatic carbocycles. The van der Waals surface area contributed by atoms with E-state index in [1.807, 2.05) is 0 Å². The van der Waals surface area contributed by atoms with Gasteiger partial charge in [0.15, 0.2) is 0 Å². The highest BCUT2D eigenvalue weighted by atomic mass is 32.1. The van der Waals surface area contributed by atoms with Gasteiger partial charge in [0.1, 0.15) is 0 Å². The Bertz CT molecular complexity index is 350. The third kappa shape index (κ3) is 1.25. The van der Waals surface area contributed by atoms with Gasteiger partial charge in [0.05, 0.1) is 16.8 Å². The number of aromatic nitrogens is 3. The summed E-state index contributed by atoms with van der Waals surface area (Å²) < 4.78 is 0. The van der Waals surface area contributed by atoms with Gasteiger partial charge in [-0.1, -0.05) is 12.1 Å². The molecule has 0 unspecified atom stereocenters. The molecule has 2 aromatic heterocycles. The molecule has 0 aliphatic carbocycles. The van der Waals surface area contributed by atoms with Crippen LogP contribution in [0.4, 0.5) is 0 Å². The zero-order valence-corrected chi connectivity index (χ0v) is 7.56. The first kappa shape index (κ1) is 7.49. The Hall–Kier alpha value is -1.16. The number of rotatable bonds is 2. The summed E-state index contributed by atoms with van der Waals surface area (Å²) in [4.78, 5) is 2.59. The van der Waals surface area contributed by atoms with E-state index in [9.17, 15) is 0 Å². The second-order valence-electron chi connectivity index (χ2n) is 2.49. The Morgan fingerprint density at radius 3 is 3.00 bits per heavy atom. The number of nitrogens with one attached hydrogen (secondary N) is 1. The molecule has 0 aliphatic heterocycles. The molecule has 12 heavy (non-hydrogen) atoms. The van der Waals surface area contributed by atoms with Gasteiger partial charge in [-0.2, -0.15) is 0 Å². The average molecular weight is 179 g/mol. The third-order valence-electron chi connectivity index (χ3n) is 1.69. The fraction of sp³-hybridized carbons (Fsp3) is 0.250. The number of aromatic amines is 1. The van der Waals surface area contributed by atoms with Crippen LogP contribution in [0.1, 0.15) is 11.8 Å². The lowest BCUT2D eigenvalue weighted by Gasteiger charge is -1.86. The Labute approximate surface area is 74.4 Å². The summed E-state index contributed by atoms with van der Waals surface area (Å²) in [6.07, 6.45) is 2.83. The van der Waals surface area contributed by atoms with Crippen LogP contribution in [0.15, 0.2) is 18.3 Å². The minimum atomic E-state index is 1.000. The quantitative estimate of drug-likeness (QED) is 0.767. The molecule has 3 nitrogen and oxygen atoms in total. The predicted molar refractivity (Wildman–Crippen MR) is 49.1 cm³/mol. The van der Waals surface area contributed by atoms with Crippen molar-refractivity contribution in [1.82, 2.24) is 15.4 Å². The number of thiophene rings is 1. The summed E-state index contributed by atoms with van der Waals surface area (Å²) in [6, 6.07) is 4.24. The molecule has 0 fully saturated rings. The molecule has 4 heteroatoms. The summed E-state index contributed by atoms with van der Waals surface area (Å²) >= 11 is 1.78. The van der Waals surface area contributed by atoms with Gasteiger partial charge in [-0.3, -0.25) is 5.10 Å². The van der Waals surface area contributed by atoms with E-state index in [1.54, 1.807) is 17.5 Å². The molecule has 0 atom stereocenters. The van der Waals surface area contributed by atoms with Crippen molar-refractivity contribution in [3.63, 3.8) is 0 Å². The lowest BCUT2D eigenvalue weighted by molar-refractivity contribution is 0.942. The van der Waals surface area contributed by atoms with Crippen molar-refractivity contribution in [1.29, 1.82) is 0 Å². The second kappa shape index (κ2) is 3.06. The average Bonchev–Trinajstić information content (AvgIpc) is 2.75. The van der Waals surface area contributed by atoms with Gasteiger partial charge in [-0.05, 0) is 18.6 Å². The first-order valence-corrected chi connectivity index (χ1v) is 4.67. The zero-order chi connectivity index (χ0) is 8.39. The molecule has 0 amide bonds. The SMILES string of the molecule is CCc1ccc(-c2cnn[nH]2)s1. The Kier molecular flexibility index (Phi) is 1.91. The maximum Gasteiger partial charge on any atom is 0.0953 e. The van der Waals surface area contributed by atoms with Gasteiger partial charge in [-0.15, -0.1) is 16.4 Å². The van der Waals surface area contributed by atoms with Gasteiger partial charge >= 0.3 is 0 Å². The van der Waals surface area contributed by atoms with Crippen molar-refractivity contribution < 1.29 is 0 Å². The maximum absolute atomic E-state index is 3.73. The second-order valence-corrected chi connectivity index (χ2v) is 3.66. The Morgan fingerprint density at radius 1 is 1.50 bits per heavy atom. The Morgan fingerprint density at radius 2 is 2.42 bits per heavy atom. The van der Waals surface area contributed by atoms with Crippen molar-refractivity contribution in [2.24, 2.45) is 0 Å². The summed E-state index contributed by atoms with van der Waals surface area (Å²) in [5, 5.41) is 10.2. The molecule has 2 rings (SSSR count). The fourth-order valence-corrected chi connectivity index (χ4v) is 1.94. The van der Waals surface area contributed by atoms with Crippen LogP contribution in [0.3, 0.4) is 0 Å². The molecule has 1 N–H and O–H groups in total.